The van der Waals surface area contributed by atoms with Gasteiger partial charge in [0.1, 0.15) is 4.88 Å². The average molecular weight is 317 g/mol. The number of carbonyl (C=O) groups is 2. The Bertz CT molecular complexity index is 698. The van der Waals surface area contributed by atoms with Gasteiger partial charge in [-0.2, -0.15) is 0 Å². The Labute approximate surface area is 134 Å². The van der Waals surface area contributed by atoms with Gasteiger partial charge in [-0.3, -0.25) is 4.79 Å². The van der Waals surface area contributed by atoms with Crippen LogP contribution in [-0.4, -0.2) is 18.5 Å². The second-order valence-corrected chi connectivity index (χ2v) is 6.23. The van der Waals surface area contributed by atoms with Crippen molar-refractivity contribution in [3.05, 3.63) is 51.4 Å². The van der Waals surface area contributed by atoms with Crippen LogP contribution in [0.1, 0.15) is 43.6 Å². The normalized spacial score (nSPS) is 10.4. The van der Waals surface area contributed by atoms with Crippen molar-refractivity contribution in [3.8, 4) is 0 Å². The summed E-state index contributed by atoms with van der Waals surface area (Å²) in [4.78, 5) is 24.6. The third kappa shape index (κ3) is 3.74. The maximum atomic E-state index is 12.3. The molecule has 116 valence electrons. The van der Waals surface area contributed by atoms with Crippen molar-refractivity contribution in [2.24, 2.45) is 0 Å². The van der Waals surface area contributed by atoms with Gasteiger partial charge in [0.25, 0.3) is 5.91 Å². The minimum atomic E-state index is -0.350. The number of benzene rings is 1. The summed E-state index contributed by atoms with van der Waals surface area (Å²) in [6.45, 7) is 7.84. The molecule has 0 saturated carbocycles. The van der Waals surface area contributed by atoms with E-state index < -0.39 is 0 Å². The molecule has 22 heavy (non-hydrogen) atoms. The second-order valence-electron chi connectivity index (χ2n) is 5.17. The summed E-state index contributed by atoms with van der Waals surface area (Å²) in [7, 11) is 0. The topological polar surface area (TPSA) is 55.4 Å². The molecule has 2 aromatic rings. The van der Waals surface area contributed by atoms with Crippen LogP contribution in [0.3, 0.4) is 0 Å². The molecule has 0 atom stereocenters. The van der Waals surface area contributed by atoms with E-state index in [4.69, 9.17) is 4.74 Å². The van der Waals surface area contributed by atoms with Gasteiger partial charge in [-0.15, -0.1) is 11.3 Å². The molecular formula is C17H19NO3S. The number of esters is 1. The van der Waals surface area contributed by atoms with E-state index in [2.05, 4.69) is 5.32 Å². The van der Waals surface area contributed by atoms with Crippen molar-refractivity contribution in [1.29, 1.82) is 0 Å². The molecule has 4 nitrogen and oxygen atoms in total. The van der Waals surface area contributed by atoms with Crippen LogP contribution in [-0.2, 0) is 4.74 Å². The summed E-state index contributed by atoms with van der Waals surface area (Å²) >= 11 is 1.23. The molecule has 1 N–H and O–H groups in total. The number of ether oxygens (including phenoxy) is 1. The van der Waals surface area contributed by atoms with Gasteiger partial charge in [0.15, 0.2) is 0 Å². The zero-order valence-corrected chi connectivity index (χ0v) is 14.0. The van der Waals surface area contributed by atoms with Crippen LogP contribution in [0.2, 0.25) is 0 Å². The van der Waals surface area contributed by atoms with Crippen molar-refractivity contribution in [3.63, 3.8) is 0 Å². The molecule has 0 aliphatic carbocycles. The first-order valence-electron chi connectivity index (χ1n) is 7.08. The fourth-order valence-corrected chi connectivity index (χ4v) is 3.19. The summed E-state index contributed by atoms with van der Waals surface area (Å²) in [6, 6.07) is 7.49. The molecule has 0 aliphatic heterocycles. The molecule has 1 aromatic heterocycles. The molecule has 1 heterocycles. The standard InChI is InChI=1S/C17H19NO3S/c1-5-21-17(20)15-12(4)9-14(22-15)18-16(19)13-7-10(2)6-11(3)8-13/h6-9H,5H2,1-4H3,(H,18,19). The maximum Gasteiger partial charge on any atom is 0.348 e. The van der Waals surface area contributed by atoms with Crippen LogP contribution < -0.4 is 5.32 Å². The molecule has 1 amide bonds. The van der Waals surface area contributed by atoms with E-state index >= 15 is 0 Å². The number of carbonyl (C=O) groups excluding carboxylic acids is 2. The Kier molecular flexibility index (Phi) is 4.98. The third-order valence-corrected chi connectivity index (χ3v) is 4.23. The van der Waals surface area contributed by atoms with E-state index in [1.54, 1.807) is 13.0 Å². The largest absolute Gasteiger partial charge is 0.462 e. The van der Waals surface area contributed by atoms with Gasteiger partial charge in [0, 0.05) is 5.56 Å². The van der Waals surface area contributed by atoms with Crippen molar-refractivity contribution >= 4 is 28.2 Å². The molecule has 0 unspecified atom stereocenters. The Hall–Kier alpha value is -2.14. The smallest absolute Gasteiger partial charge is 0.348 e. The van der Waals surface area contributed by atoms with Gasteiger partial charge in [-0.25, -0.2) is 4.79 Å². The highest BCUT2D eigenvalue weighted by atomic mass is 32.1. The molecule has 0 fully saturated rings. The zero-order chi connectivity index (χ0) is 16.3. The molecule has 2 rings (SSSR count). The van der Waals surface area contributed by atoms with Gasteiger partial charge < -0.3 is 10.1 Å². The molecule has 5 heteroatoms. The molecular weight excluding hydrogens is 298 g/mol. The van der Waals surface area contributed by atoms with Crippen molar-refractivity contribution in [2.75, 3.05) is 11.9 Å². The lowest BCUT2D eigenvalue weighted by molar-refractivity contribution is 0.0531. The van der Waals surface area contributed by atoms with Crippen molar-refractivity contribution < 1.29 is 14.3 Å². The molecule has 0 radical (unpaired) electrons. The van der Waals surface area contributed by atoms with Crippen molar-refractivity contribution in [2.45, 2.75) is 27.7 Å². The Morgan fingerprint density at radius 2 is 1.73 bits per heavy atom. The predicted molar refractivity (Wildman–Crippen MR) is 88.9 cm³/mol. The lowest BCUT2D eigenvalue weighted by Crippen LogP contribution is -2.11. The lowest BCUT2D eigenvalue weighted by Gasteiger charge is -2.05. The number of amides is 1. The number of aryl methyl sites for hydroxylation is 3. The minimum absolute atomic E-state index is 0.177. The molecule has 0 saturated heterocycles. The first kappa shape index (κ1) is 16.2. The van der Waals surface area contributed by atoms with Crippen LogP contribution in [0.4, 0.5) is 5.00 Å². The van der Waals surface area contributed by atoms with Crippen LogP contribution in [0, 0.1) is 20.8 Å². The quantitative estimate of drug-likeness (QED) is 0.864. The number of thiophene rings is 1. The summed E-state index contributed by atoms with van der Waals surface area (Å²) < 4.78 is 5.00. The highest BCUT2D eigenvalue weighted by molar-refractivity contribution is 7.18. The lowest BCUT2D eigenvalue weighted by atomic mass is 10.1. The van der Waals surface area contributed by atoms with Gasteiger partial charge in [0.2, 0.25) is 0 Å². The van der Waals surface area contributed by atoms with Crippen LogP contribution in [0.5, 0.6) is 0 Å². The fourth-order valence-electron chi connectivity index (χ4n) is 2.23. The van der Waals surface area contributed by atoms with Crippen molar-refractivity contribution in [1.82, 2.24) is 0 Å². The van der Waals surface area contributed by atoms with Gasteiger partial charge in [-0.05, 0) is 51.5 Å². The highest BCUT2D eigenvalue weighted by Gasteiger charge is 2.16. The molecule has 0 aliphatic rings. The SMILES string of the molecule is CCOC(=O)c1sc(NC(=O)c2cc(C)cc(C)c2)cc1C. The van der Waals surface area contributed by atoms with E-state index in [0.717, 1.165) is 16.7 Å². The number of hydrogen-bond donors (Lipinski definition) is 1. The van der Waals surface area contributed by atoms with E-state index in [1.165, 1.54) is 11.3 Å². The Morgan fingerprint density at radius 3 is 2.32 bits per heavy atom. The van der Waals surface area contributed by atoms with Gasteiger partial charge in [0.05, 0.1) is 11.6 Å². The first-order valence-corrected chi connectivity index (χ1v) is 7.89. The third-order valence-electron chi connectivity index (χ3n) is 3.10. The van der Waals surface area contributed by atoms with E-state index in [0.29, 0.717) is 22.0 Å². The van der Waals surface area contributed by atoms with Gasteiger partial charge >= 0.3 is 5.97 Å². The summed E-state index contributed by atoms with van der Waals surface area (Å²) in [6.07, 6.45) is 0. The number of nitrogens with one attached hydrogen (secondary N) is 1. The molecule has 1 aromatic carbocycles. The first-order chi connectivity index (χ1) is 10.4. The molecule has 0 bridgehead atoms. The highest BCUT2D eigenvalue weighted by Crippen LogP contribution is 2.28. The summed E-state index contributed by atoms with van der Waals surface area (Å²) in [5.41, 5.74) is 3.50. The Balaban J connectivity index is 2.18. The fraction of sp³-hybridized carbons (Fsp3) is 0.294. The van der Waals surface area contributed by atoms with Crippen LogP contribution in [0.15, 0.2) is 24.3 Å². The van der Waals surface area contributed by atoms with Crippen LogP contribution >= 0.6 is 11.3 Å². The minimum Gasteiger partial charge on any atom is -0.462 e. The van der Waals surface area contributed by atoms with Crippen LogP contribution in [0.25, 0.3) is 0 Å². The number of rotatable bonds is 4. The number of hydrogen-bond acceptors (Lipinski definition) is 4. The molecule has 0 spiro atoms. The zero-order valence-electron chi connectivity index (χ0n) is 13.1. The number of anilines is 1. The predicted octanol–water partition coefficient (Wildman–Crippen LogP) is 4.10. The average Bonchev–Trinajstić information content (AvgIpc) is 2.78. The summed E-state index contributed by atoms with van der Waals surface area (Å²) in [5.74, 6) is -0.527. The van der Waals surface area contributed by atoms with Gasteiger partial charge in [-0.1, -0.05) is 17.2 Å². The monoisotopic (exact) mass is 317 g/mol. The Morgan fingerprint density at radius 1 is 1.09 bits per heavy atom. The summed E-state index contributed by atoms with van der Waals surface area (Å²) in [5, 5.41) is 3.49. The second kappa shape index (κ2) is 6.75. The van der Waals surface area contributed by atoms with E-state index in [1.807, 2.05) is 39.0 Å². The van der Waals surface area contributed by atoms with E-state index in [-0.39, 0.29) is 11.9 Å². The maximum absolute atomic E-state index is 12.3. The van der Waals surface area contributed by atoms with E-state index in [9.17, 15) is 9.59 Å².